The molecular formula is C11H17NO. The number of nitrogens with two attached hydrogens (primary N) is 1. The van der Waals surface area contributed by atoms with E-state index in [-0.39, 0.29) is 6.04 Å². The predicted molar refractivity (Wildman–Crippen MR) is 54.8 cm³/mol. The number of hydrogen-bond acceptors (Lipinski definition) is 2. The molecule has 0 aromatic heterocycles. The highest BCUT2D eigenvalue weighted by molar-refractivity contribution is 5.35. The van der Waals surface area contributed by atoms with E-state index in [2.05, 4.69) is 0 Å². The van der Waals surface area contributed by atoms with Crippen LogP contribution in [0.3, 0.4) is 0 Å². The molecule has 1 rings (SSSR count). The minimum Gasteiger partial charge on any atom is -0.508 e. The van der Waals surface area contributed by atoms with E-state index in [1.54, 1.807) is 0 Å². The summed E-state index contributed by atoms with van der Waals surface area (Å²) in [6.07, 6.45) is 1.90. The van der Waals surface area contributed by atoms with Crippen molar-refractivity contribution in [2.75, 3.05) is 0 Å². The maximum atomic E-state index is 9.43. The van der Waals surface area contributed by atoms with Crippen molar-refractivity contribution < 1.29 is 5.11 Å². The third-order valence-corrected chi connectivity index (χ3v) is 2.16. The van der Waals surface area contributed by atoms with Gasteiger partial charge >= 0.3 is 0 Å². The van der Waals surface area contributed by atoms with Gasteiger partial charge in [0.25, 0.3) is 0 Å². The van der Waals surface area contributed by atoms with Gasteiger partial charge in [0.05, 0.1) is 0 Å². The van der Waals surface area contributed by atoms with E-state index in [1.165, 1.54) is 0 Å². The molecule has 72 valence electrons. The van der Waals surface area contributed by atoms with Crippen molar-refractivity contribution >= 4 is 0 Å². The molecule has 13 heavy (non-hydrogen) atoms. The summed E-state index contributed by atoms with van der Waals surface area (Å²) in [6.45, 7) is 3.89. The molecule has 0 bridgehead atoms. The zero-order valence-corrected chi connectivity index (χ0v) is 8.25. The van der Waals surface area contributed by atoms with E-state index in [0.29, 0.717) is 5.75 Å². The molecule has 0 amide bonds. The van der Waals surface area contributed by atoms with Crippen LogP contribution >= 0.6 is 0 Å². The Balaban J connectivity index is 2.63. The molecule has 1 atom stereocenters. The quantitative estimate of drug-likeness (QED) is 0.745. The van der Waals surface area contributed by atoms with E-state index in [9.17, 15) is 5.11 Å². The minimum absolute atomic E-state index is 0.225. The van der Waals surface area contributed by atoms with Gasteiger partial charge in [-0.05, 0) is 43.9 Å². The van der Waals surface area contributed by atoms with Gasteiger partial charge in [-0.15, -0.1) is 0 Å². The van der Waals surface area contributed by atoms with Gasteiger partial charge in [0.1, 0.15) is 5.75 Å². The molecule has 0 aliphatic rings. The second-order valence-corrected chi connectivity index (χ2v) is 3.64. The van der Waals surface area contributed by atoms with Gasteiger partial charge in [-0.1, -0.05) is 12.1 Å². The van der Waals surface area contributed by atoms with Crippen LogP contribution in [0.1, 0.15) is 24.5 Å². The van der Waals surface area contributed by atoms with E-state index < -0.39 is 0 Å². The number of phenols is 1. The number of benzene rings is 1. The smallest absolute Gasteiger partial charge is 0.118 e. The zero-order valence-electron chi connectivity index (χ0n) is 8.25. The Kier molecular flexibility index (Phi) is 3.32. The summed E-state index contributed by atoms with van der Waals surface area (Å²) in [5, 5.41) is 9.43. The first-order chi connectivity index (χ1) is 6.09. The summed E-state index contributed by atoms with van der Waals surface area (Å²) in [4.78, 5) is 0. The van der Waals surface area contributed by atoms with Crippen LogP contribution in [-0.2, 0) is 6.42 Å². The van der Waals surface area contributed by atoms with Crippen LogP contribution in [-0.4, -0.2) is 11.1 Å². The summed E-state index contributed by atoms with van der Waals surface area (Å²) in [7, 11) is 0. The Bertz CT molecular complexity index is 281. The molecule has 0 unspecified atom stereocenters. The third-order valence-electron chi connectivity index (χ3n) is 2.16. The standard InChI is InChI=1S/C11H17NO/c1-8-3-5-10(7-11(8)13)6-4-9(2)12/h3,5,7,9,13H,4,6,12H2,1-2H3/t9-/m0/s1. The van der Waals surface area contributed by atoms with Crippen molar-refractivity contribution in [3.63, 3.8) is 0 Å². The highest BCUT2D eigenvalue weighted by atomic mass is 16.3. The number of rotatable bonds is 3. The van der Waals surface area contributed by atoms with Crippen LogP contribution < -0.4 is 5.73 Å². The first-order valence-electron chi connectivity index (χ1n) is 4.63. The number of aryl methyl sites for hydroxylation is 2. The molecule has 0 fully saturated rings. The van der Waals surface area contributed by atoms with Crippen LogP contribution in [0, 0.1) is 6.92 Å². The lowest BCUT2D eigenvalue weighted by Crippen LogP contribution is -2.15. The van der Waals surface area contributed by atoms with Gasteiger partial charge in [0.2, 0.25) is 0 Å². The zero-order chi connectivity index (χ0) is 9.84. The van der Waals surface area contributed by atoms with Gasteiger partial charge in [-0.3, -0.25) is 0 Å². The molecule has 0 aliphatic heterocycles. The Labute approximate surface area is 79.4 Å². The van der Waals surface area contributed by atoms with Crippen molar-refractivity contribution in [2.45, 2.75) is 32.7 Å². The van der Waals surface area contributed by atoms with Gasteiger partial charge in [0.15, 0.2) is 0 Å². The Morgan fingerprint density at radius 2 is 2.15 bits per heavy atom. The van der Waals surface area contributed by atoms with E-state index in [4.69, 9.17) is 5.73 Å². The number of phenolic OH excluding ortho intramolecular Hbond substituents is 1. The Hall–Kier alpha value is -1.02. The average molecular weight is 179 g/mol. The molecule has 0 spiro atoms. The monoisotopic (exact) mass is 179 g/mol. The largest absolute Gasteiger partial charge is 0.508 e. The first kappa shape index (κ1) is 10.1. The van der Waals surface area contributed by atoms with Crippen LogP contribution in [0.5, 0.6) is 5.75 Å². The second kappa shape index (κ2) is 4.28. The van der Waals surface area contributed by atoms with Gasteiger partial charge < -0.3 is 10.8 Å². The molecule has 2 heteroatoms. The number of aromatic hydroxyl groups is 1. The molecular weight excluding hydrogens is 162 g/mol. The van der Waals surface area contributed by atoms with Crippen molar-refractivity contribution in [1.82, 2.24) is 0 Å². The average Bonchev–Trinajstić information content (AvgIpc) is 2.07. The van der Waals surface area contributed by atoms with Crippen LogP contribution in [0.4, 0.5) is 0 Å². The highest BCUT2D eigenvalue weighted by Gasteiger charge is 2.00. The fourth-order valence-corrected chi connectivity index (χ4v) is 1.20. The Morgan fingerprint density at radius 3 is 2.69 bits per heavy atom. The first-order valence-corrected chi connectivity index (χ1v) is 4.63. The summed E-state index contributed by atoms with van der Waals surface area (Å²) < 4.78 is 0. The van der Waals surface area contributed by atoms with Crippen LogP contribution in [0.15, 0.2) is 18.2 Å². The lowest BCUT2D eigenvalue weighted by molar-refractivity contribution is 0.470. The van der Waals surface area contributed by atoms with Crippen LogP contribution in [0.2, 0.25) is 0 Å². The summed E-state index contributed by atoms with van der Waals surface area (Å²) in [5.41, 5.74) is 7.72. The van der Waals surface area contributed by atoms with Crippen molar-refractivity contribution in [1.29, 1.82) is 0 Å². The lowest BCUT2D eigenvalue weighted by Gasteiger charge is -2.06. The van der Waals surface area contributed by atoms with E-state index in [0.717, 1.165) is 24.0 Å². The molecule has 0 radical (unpaired) electrons. The van der Waals surface area contributed by atoms with Gasteiger partial charge in [-0.2, -0.15) is 0 Å². The molecule has 1 aromatic carbocycles. The molecule has 1 aromatic rings. The third kappa shape index (κ3) is 3.07. The molecule has 0 heterocycles. The Morgan fingerprint density at radius 1 is 1.46 bits per heavy atom. The topological polar surface area (TPSA) is 46.2 Å². The van der Waals surface area contributed by atoms with Crippen molar-refractivity contribution in [2.24, 2.45) is 5.73 Å². The molecule has 3 N–H and O–H groups in total. The maximum absolute atomic E-state index is 9.43. The second-order valence-electron chi connectivity index (χ2n) is 3.64. The SMILES string of the molecule is Cc1ccc(CC[C@H](C)N)cc1O. The van der Waals surface area contributed by atoms with Gasteiger partial charge in [0, 0.05) is 6.04 Å². The molecule has 2 nitrogen and oxygen atoms in total. The minimum atomic E-state index is 0.225. The van der Waals surface area contributed by atoms with Gasteiger partial charge in [-0.25, -0.2) is 0 Å². The van der Waals surface area contributed by atoms with Crippen molar-refractivity contribution in [3.05, 3.63) is 29.3 Å². The van der Waals surface area contributed by atoms with E-state index >= 15 is 0 Å². The summed E-state index contributed by atoms with van der Waals surface area (Å²) in [6, 6.07) is 6.02. The maximum Gasteiger partial charge on any atom is 0.118 e. The lowest BCUT2D eigenvalue weighted by atomic mass is 10.0. The molecule has 0 saturated carbocycles. The summed E-state index contributed by atoms with van der Waals surface area (Å²) >= 11 is 0. The molecule has 0 aliphatic carbocycles. The van der Waals surface area contributed by atoms with Crippen LogP contribution in [0.25, 0.3) is 0 Å². The fourth-order valence-electron chi connectivity index (χ4n) is 1.20. The molecule has 0 saturated heterocycles. The normalized spacial score (nSPS) is 12.8. The fraction of sp³-hybridized carbons (Fsp3) is 0.455. The van der Waals surface area contributed by atoms with E-state index in [1.807, 2.05) is 32.0 Å². The predicted octanol–water partition coefficient (Wildman–Crippen LogP) is 1.98. The number of hydrogen-bond donors (Lipinski definition) is 2. The highest BCUT2D eigenvalue weighted by Crippen LogP contribution is 2.18. The summed E-state index contributed by atoms with van der Waals surface area (Å²) in [5.74, 6) is 0.377. The van der Waals surface area contributed by atoms with Crippen molar-refractivity contribution in [3.8, 4) is 5.75 Å².